The summed E-state index contributed by atoms with van der Waals surface area (Å²) in [5.41, 5.74) is -0.205. The zero-order chi connectivity index (χ0) is 9.03. The number of allylic oxidation sites excluding steroid dienone is 1. The van der Waals surface area contributed by atoms with Crippen LogP contribution < -0.4 is 0 Å². The lowest BCUT2D eigenvalue weighted by Crippen LogP contribution is -2.34. The van der Waals surface area contributed by atoms with Gasteiger partial charge in [0, 0.05) is 18.9 Å². The van der Waals surface area contributed by atoms with Gasteiger partial charge < -0.3 is 5.21 Å². The Hall–Kier alpha value is -0.790. The number of nitrogens with zero attached hydrogens (tertiary/aromatic N) is 1. The highest BCUT2D eigenvalue weighted by atomic mass is 16.5. The molecule has 1 aliphatic heterocycles. The van der Waals surface area contributed by atoms with Gasteiger partial charge in [0.25, 0.3) is 0 Å². The normalized spacial score (nSPS) is 19.7. The number of hydrogen-bond acceptors (Lipinski definition) is 1. The molecule has 0 saturated heterocycles. The minimum Gasteiger partial charge on any atom is -0.623 e. The van der Waals surface area contributed by atoms with Crippen molar-refractivity contribution in [2.75, 3.05) is 0 Å². The number of hydroxylamine groups is 1. The highest BCUT2D eigenvalue weighted by Crippen LogP contribution is 2.27. The Bertz CT molecular complexity index is 200. The predicted octanol–water partition coefficient (Wildman–Crippen LogP) is 2.48. The first-order valence-corrected chi connectivity index (χ1v) is 4.74. The first-order chi connectivity index (χ1) is 5.75. The fourth-order valence-electron chi connectivity index (χ4n) is 1.90. The molecule has 0 spiro atoms. The van der Waals surface area contributed by atoms with Crippen molar-refractivity contribution < 1.29 is 4.74 Å². The van der Waals surface area contributed by atoms with Gasteiger partial charge in [0.2, 0.25) is 0 Å². The third-order valence-electron chi connectivity index (χ3n) is 2.43. The lowest BCUT2D eigenvalue weighted by Gasteiger charge is -2.25. The van der Waals surface area contributed by atoms with Crippen molar-refractivity contribution in [1.82, 2.24) is 0 Å². The van der Waals surface area contributed by atoms with Crippen LogP contribution in [0.25, 0.3) is 0 Å². The van der Waals surface area contributed by atoms with Gasteiger partial charge in [0.15, 0.2) is 11.8 Å². The van der Waals surface area contributed by atoms with E-state index < -0.39 is 0 Å². The smallest absolute Gasteiger partial charge is 0.191 e. The van der Waals surface area contributed by atoms with Crippen LogP contribution in [-0.2, 0) is 0 Å². The van der Waals surface area contributed by atoms with E-state index in [2.05, 4.69) is 13.8 Å². The Balaban J connectivity index is 2.72. The maximum absolute atomic E-state index is 11.5. The van der Waals surface area contributed by atoms with Crippen LogP contribution in [0, 0.1) is 5.21 Å². The number of rotatable bonds is 4. The molecule has 0 saturated carbocycles. The van der Waals surface area contributed by atoms with Gasteiger partial charge in [-0.1, -0.05) is 13.8 Å². The summed E-state index contributed by atoms with van der Waals surface area (Å²) in [5.74, 6) is 0. The van der Waals surface area contributed by atoms with Crippen molar-refractivity contribution in [2.24, 2.45) is 0 Å². The van der Waals surface area contributed by atoms with Crippen molar-refractivity contribution in [2.45, 2.75) is 45.1 Å². The van der Waals surface area contributed by atoms with E-state index in [1.54, 1.807) is 6.21 Å². The van der Waals surface area contributed by atoms with E-state index in [9.17, 15) is 5.21 Å². The monoisotopic (exact) mass is 167 g/mol. The van der Waals surface area contributed by atoms with Crippen LogP contribution in [0.3, 0.4) is 0 Å². The maximum Gasteiger partial charge on any atom is 0.191 e. The van der Waals surface area contributed by atoms with Crippen molar-refractivity contribution in [3.05, 3.63) is 17.4 Å². The van der Waals surface area contributed by atoms with E-state index in [-0.39, 0.29) is 5.54 Å². The number of hydrogen-bond donors (Lipinski definition) is 0. The standard InChI is InChI=1S/C10H17NO/c1-3-6-10(7-4-2)8-5-9-11(10)12/h5,8-9H,3-4,6-7H2,1-2H3. The molecule has 2 nitrogen and oxygen atoms in total. The van der Waals surface area contributed by atoms with Crippen LogP contribution in [0.2, 0.25) is 0 Å². The Morgan fingerprint density at radius 1 is 1.25 bits per heavy atom. The fraction of sp³-hybridized carbons (Fsp3) is 0.700. The molecule has 0 aromatic carbocycles. The van der Waals surface area contributed by atoms with E-state index >= 15 is 0 Å². The quantitative estimate of drug-likeness (QED) is 0.466. The second-order valence-corrected chi connectivity index (χ2v) is 3.44. The third-order valence-corrected chi connectivity index (χ3v) is 2.43. The highest BCUT2D eigenvalue weighted by Gasteiger charge is 2.35. The van der Waals surface area contributed by atoms with E-state index in [0.29, 0.717) is 0 Å². The summed E-state index contributed by atoms with van der Waals surface area (Å²) in [4.78, 5) is 0. The zero-order valence-electron chi connectivity index (χ0n) is 7.92. The van der Waals surface area contributed by atoms with Gasteiger partial charge in [-0.15, -0.1) is 0 Å². The van der Waals surface area contributed by atoms with Crippen LogP contribution >= 0.6 is 0 Å². The Morgan fingerprint density at radius 2 is 1.83 bits per heavy atom. The summed E-state index contributed by atoms with van der Waals surface area (Å²) in [7, 11) is 0. The minimum atomic E-state index is -0.205. The van der Waals surface area contributed by atoms with Crippen molar-refractivity contribution >= 4 is 6.21 Å². The second-order valence-electron chi connectivity index (χ2n) is 3.44. The molecule has 0 aliphatic carbocycles. The van der Waals surface area contributed by atoms with Crippen molar-refractivity contribution in [3.8, 4) is 0 Å². The summed E-state index contributed by atoms with van der Waals surface area (Å²) >= 11 is 0. The molecule has 0 unspecified atom stereocenters. The molecule has 2 heteroatoms. The topological polar surface area (TPSA) is 26.1 Å². The van der Waals surface area contributed by atoms with E-state index in [1.165, 1.54) is 0 Å². The molecule has 0 N–H and O–H groups in total. The van der Waals surface area contributed by atoms with E-state index in [1.807, 2.05) is 12.2 Å². The maximum atomic E-state index is 11.5. The van der Waals surface area contributed by atoms with Gasteiger partial charge in [0.05, 0.1) is 0 Å². The Morgan fingerprint density at radius 3 is 2.17 bits per heavy atom. The fourth-order valence-corrected chi connectivity index (χ4v) is 1.90. The molecule has 1 rings (SSSR count). The van der Waals surface area contributed by atoms with Crippen LogP contribution in [0.4, 0.5) is 0 Å². The Kier molecular flexibility index (Phi) is 2.90. The van der Waals surface area contributed by atoms with Gasteiger partial charge in [-0.3, -0.25) is 0 Å². The summed E-state index contributed by atoms with van der Waals surface area (Å²) in [6.45, 7) is 4.24. The van der Waals surface area contributed by atoms with E-state index in [0.717, 1.165) is 30.4 Å². The largest absolute Gasteiger partial charge is 0.623 e. The van der Waals surface area contributed by atoms with Gasteiger partial charge in [-0.2, -0.15) is 0 Å². The molecular formula is C10H17NO. The SMILES string of the molecule is CCCC1(CCC)C=CC=[N+]1[O-]. The van der Waals surface area contributed by atoms with Gasteiger partial charge in [-0.05, 0) is 18.9 Å². The average Bonchev–Trinajstić information content (AvgIpc) is 2.35. The Labute approximate surface area is 74.2 Å². The molecule has 0 aromatic rings. The third kappa shape index (κ3) is 1.52. The second kappa shape index (κ2) is 3.74. The van der Waals surface area contributed by atoms with Gasteiger partial charge >= 0.3 is 0 Å². The zero-order valence-corrected chi connectivity index (χ0v) is 7.92. The van der Waals surface area contributed by atoms with Gasteiger partial charge in [0.1, 0.15) is 0 Å². The molecule has 0 amide bonds. The molecule has 0 aromatic heterocycles. The average molecular weight is 167 g/mol. The molecule has 12 heavy (non-hydrogen) atoms. The van der Waals surface area contributed by atoms with Crippen LogP contribution in [0.5, 0.6) is 0 Å². The molecule has 1 aliphatic rings. The molecule has 0 atom stereocenters. The summed E-state index contributed by atoms with van der Waals surface area (Å²) in [6, 6.07) is 0. The summed E-state index contributed by atoms with van der Waals surface area (Å²) in [5, 5.41) is 11.5. The molecule has 68 valence electrons. The molecule has 0 fully saturated rings. The predicted molar refractivity (Wildman–Crippen MR) is 51.4 cm³/mol. The highest BCUT2D eigenvalue weighted by molar-refractivity contribution is 5.69. The molecule has 0 bridgehead atoms. The summed E-state index contributed by atoms with van der Waals surface area (Å²) in [6.07, 6.45) is 9.62. The van der Waals surface area contributed by atoms with Crippen LogP contribution in [0.15, 0.2) is 12.2 Å². The van der Waals surface area contributed by atoms with Crippen molar-refractivity contribution in [1.29, 1.82) is 0 Å². The van der Waals surface area contributed by atoms with Gasteiger partial charge in [-0.25, -0.2) is 4.74 Å². The summed E-state index contributed by atoms with van der Waals surface area (Å²) < 4.78 is 1.11. The first-order valence-electron chi connectivity index (χ1n) is 4.74. The van der Waals surface area contributed by atoms with E-state index in [4.69, 9.17) is 0 Å². The molecule has 0 radical (unpaired) electrons. The van der Waals surface area contributed by atoms with Crippen LogP contribution in [-0.4, -0.2) is 16.5 Å². The minimum absolute atomic E-state index is 0.205. The first kappa shape index (κ1) is 9.30. The van der Waals surface area contributed by atoms with Crippen molar-refractivity contribution in [3.63, 3.8) is 0 Å². The molecular weight excluding hydrogens is 150 g/mol. The lowest BCUT2D eigenvalue weighted by atomic mass is 9.90. The molecule has 1 heterocycles. The van der Waals surface area contributed by atoms with Crippen LogP contribution in [0.1, 0.15) is 39.5 Å². The lowest BCUT2D eigenvalue weighted by molar-refractivity contribution is -0.529.